The molecule has 0 spiro atoms. The van der Waals surface area contributed by atoms with Crippen LogP contribution >= 0.6 is 11.6 Å². The zero-order valence-electron chi connectivity index (χ0n) is 10.1. The number of hydrogen-bond acceptors (Lipinski definition) is 0. The highest BCUT2D eigenvalue weighted by molar-refractivity contribution is 6.21. The molecule has 1 unspecified atom stereocenters. The average molecular weight is 265 g/mol. The third-order valence-corrected chi connectivity index (χ3v) is 3.44. The van der Waals surface area contributed by atoms with Crippen molar-refractivity contribution in [2.45, 2.75) is 38.7 Å². The maximum atomic E-state index is 12.3. The van der Waals surface area contributed by atoms with Gasteiger partial charge < -0.3 is 0 Å². The molecule has 0 aliphatic carbocycles. The van der Waals surface area contributed by atoms with E-state index < -0.39 is 11.7 Å². The minimum Gasteiger partial charge on any atom is -0.166 e. The Morgan fingerprint density at radius 1 is 1.06 bits per heavy atom. The van der Waals surface area contributed by atoms with E-state index in [1.165, 1.54) is 12.1 Å². The summed E-state index contributed by atoms with van der Waals surface area (Å²) in [4.78, 5) is 0. The Labute approximate surface area is 105 Å². The zero-order chi connectivity index (χ0) is 13.3. The van der Waals surface area contributed by atoms with E-state index in [0.29, 0.717) is 6.42 Å². The van der Waals surface area contributed by atoms with E-state index in [2.05, 4.69) is 0 Å². The van der Waals surface area contributed by atoms with Gasteiger partial charge in [0.2, 0.25) is 0 Å². The van der Waals surface area contributed by atoms with Gasteiger partial charge in [0.05, 0.1) is 5.56 Å². The standard InChI is InChI=1S/C13H16ClF3/c1-12(2,3)11(14)8-9-4-6-10(7-5-9)13(15,16)17/h4-7,11H,8H2,1-3H3. The van der Waals surface area contributed by atoms with E-state index in [9.17, 15) is 13.2 Å². The van der Waals surface area contributed by atoms with Crippen LogP contribution in [0.1, 0.15) is 31.9 Å². The number of alkyl halides is 4. The highest BCUT2D eigenvalue weighted by Crippen LogP contribution is 2.31. The molecule has 0 aliphatic heterocycles. The molecule has 17 heavy (non-hydrogen) atoms. The van der Waals surface area contributed by atoms with Crippen molar-refractivity contribution in [1.29, 1.82) is 0 Å². The first kappa shape index (κ1) is 14.4. The Balaban J connectivity index is 2.76. The molecule has 0 amide bonds. The van der Waals surface area contributed by atoms with Crippen molar-refractivity contribution in [3.8, 4) is 0 Å². The van der Waals surface area contributed by atoms with Crippen molar-refractivity contribution in [3.05, 3.63) is 35.4 Å². The van der Waals surface area contributed by atoms with Crippen LogP contribution in [0, 0.1) is 5.41 Å². The summed E-state index contributed by atoms with van der Waals surface area (Å²) in [7, 11) is 0. The summed E-state index contributed by atoms with van der Waals surface area (Å²) in [5.74, 6) is 0. The van der Waals surface area contributed by atoms with Crippen LogP contribution in [-0.2, 0) is 12.6 Å². The number of hydrogen-bond donors (Lipinski definition) is 0. The summed E-state index contributed by atoms with van der Waals surface area (Å²) in [5.41, 5.74) is 0.139. The molecule has 0 fully saturated rings. The van der Waals surface area contributed by atoms with Crippen LogP contribution in [0.3, 0.4) is 0 Å². The third-order valence-electron chi connectivity index (χ3n) is 2.64. The van der Waals surface area contributed by atoms with Crippen LogP contribution in [0.25, 0.3) is 0 Å². The first-order chi connectivity index (χ1) is 7.60. The van der Waals surface area contributed by atoms with Crippen molar-refractivity contribution < 1.29 is 13.2 Å². The smallest absolute Gasteiger partial charge is 0.166 e. The summed E-state index contributed by atoms with van der Waals surface area (Å²) in [6.45, 7) is 6.03. The van der Waals surface area contributed by atoms with Crippen molar-refractivity contribution in [2.24, 2.45) is 5.41 Å². The number of rotatable bonds is 2. The predicted octanol–water partition coefficient (Wildman–Crippen LogP) is 4.90. The fourth-order valence-electron chi connectivity index (χ4n) is 1.34. The molecule has 1 aromatic carbocycles. The predicted molar refractivity (Wildman–Crippen MR) is 64.2 cm³/mol. The van der Waals surface area contributed by atoms with E-state index in [4.69, 9.17) is 11.6 Å². The Kier molecular flexibility index (Phi) is 4.13. The highest BCUT2D eigenvalue weighted by Gasteiger charge is 2.30. The topological polar surface area (TPSA) is 0 Å². The second-order valence-electron chi connectivity index (χ2n) is 5.23. The lowest BCUT2D eigenvalue weighted by molar-refractivity contribution is -0.137. The lowest BCUT2D eigenvalue weighted by Crippen LogP contribution is -2.22. The van der Waals surface area contributed by atoms with Crippen molar-refractivity contribution >= 4 is 11.6 Å². The summed E-state index contributed by atoms with van der Waals surface area (Å²) in [6, 6.07) is 5.18. The van der Waals surface area contributed by atoms with E-state index >= 15 is 0 Å². The molecule has 0 radical (unpaired) electrons. The maximum absolute atomic E-state index is 12.3. The second kappa shape index (κ2) is 4.89. The summed E-state index contributed by atoms with van der Waals surface area (Å²) < 4.78 is 37.0. The minimum absolute atomic E-state index is 0.0652. The molecule has 0 bridgehead atoms. The maximum Gasteiger partial charge on any atom is 0.416 e. The van der Waals surface area contributed by atoms with Crippen LogP contribution in [0.4, 0.5) is 13.2 Å². The van der Waals surface area contributed by atoms with Crippen LogP contribution < -0.4 is 0 Å². The Hall–Kier alpha value is -0.700. The fourth-order valence-corrected chi connectivity index (χ4v) is 1.52. The van der Waals surface area contributed by atoms with E-state index in [0.717, 1.165) is 17.7 Å². The molecule has 96 valence electrons. The van der Waals surface area contributed by atoms with Gasteiger partial charge in [-0.15, -0.1) is 11.6 Å². The van der Waals surface area contributed by atoms with Crippen molar-refractivity contribution in [3.63, 3.8) is 0 Å². The van der Waals surface area contributed by atoms with Gasteiger partial charge >= 0.3 is 6.18 Å². The molecule has 0 saturated heterocycles. The molecule has 0 N–H and O–H groups in total. The summed E-state index contributed by atoms with van der Waals surface area (Å²) in [5, 5.41) is -0.0979. The first-order valence-electron chi connectivity index (χ1n) is 5.41. The second-order valence-corrected chi connectivity index (χ2v) is 5.76. The first-order valence-corrected chi connectivity index (χ1v) is 5.84. The van der Waals surface area contributed by atoms with Crippen LogP contribution in [0.15, 0.2) is 24.3 Å². The normalized spacial score (nSPS) is 14.8. The molecule has 0 aliphatic rings. The van der Waals surface area contributed by atoms with Gasteiger partial charge in [-0.1, -0.05) is 32.9 Å². The molecule has 0 nitrogen and oxygen atoms in total. The lowest BCUT2D eigenvalue weighted by Gasteiger charge is -2.25. The highest BCUT2D eigenvalue weighted by atomic mass is 35.5. The number of halogens is 4. The molecule has 1 atom stereocenters. The van der Waals surface area contributed by atoms with Crippen LogP contribution in [-0.4, -0.2) is 5.38 Å². The van der Waals surface area contributed by atoms with Gasteiger partial charge in [-0.3, -0.25) is 0 Å². The molecular formula is C13H16ClF3. The summed E-state index contributed by atoms with van der Waals surface area (Å²) >= 11 is 6.20. The van der Waals surface area contributed by atoms with Gasteiger partial charge in [0.25, 0.3) is 0 Å². The zero-order valence-corrected chi connectivity index (χ0v) is 10.9. The largest absolute Gasteiger partial charge is 0.416 e. The SMILES string of the molecule is CC(C)(C)C(Cl)Cc1ccc(C(F)(F)F)cc1. The van der Waals surface area contributed by atoms with Gasteiger partial charge in [0.1, 0.15) is 0 Å². The fraction of sp³-hybridized carbons (Fsp3) is 0.538. The van der Waals surface area contributed by atoms with Gasteiger partial charge in [-0.2, -0.15) is 13.2 Å². The van der Waals surface area contributed by atoms with Gasteiger partial charge in [0.15, 0.2) is 0 Å². The molecular weight excluding hydrogens is 249 g/mol. The Bertz CT molecular complexity index is 360. The van der Waals surface area contributed by atoms with Crippen molar-refractivity contribution in [2.75, 3.05) is 0 Å². The van der Waals surface area contributed by atoms with Gasteiger partial charge in [-0.05, 0) is 29.5 Å². The quantitative estimate of drug-likeness (QED) is 0.667. The molecule has 1 aromatic rings. The van der Waals surface area contributed by atoms with Crippen LogP contribution in [0.5, 0.6) is 0 Å². The Morgan fingerprint density at radius 2 is 1.53 bits per heavy atom. The van der Waals surface area contributed by atoms with Crippen LogP contribution in [0.2, 0.25) is 0 Å². The van der Waals surface area contributed by atoms with E-state index in [-0.39, 0.29) is 10.8 Å². The minimum atomic E-state index is -4.27. The monoisotopic (exact) mass is 264 g/mol. The number of benzene rings is 1. The third kappa shape index (κ3) is 4.23. The molecule has 0 heterocycles. The molecule has 4 heteroatoms. The molecule has 0 saturated carbocycles. The van der Waals surface area contributed by atoms with Gasteiger partial charge in [0, 0.05) is 5.38 Å². The van der Waals surface area contributed by atoms with Crippen molar-refractivity contribution in [1.82, 2.24) is 0 Å². The van der Waals surface area contributed by atoms with Gasteiger partial charge in [-0.25, -0.2) is 0 Å². The van der Waals surface area contributed by atoms with E-state index in [1.54, 1.807) is 0 Å². The van der Waals surface area contributed by atoms with E-state index in [1.807, 2.05) is 20.8 Å². The molecule has 0 aromatic heterocycles. The molecule has 1 rings (SSSR count). The summed E-state index contributed by atoms with van der Waals surface area (Å²) in [6.07, 6.45) is -3.70. The Morgan fingerprint density at radius 3 is 1.88 bits per heavy atom. The average Bonchev–Trinajstić information content (AvgIpc) is 2.15. The lowest BCUT2D eigenvalue weighted by atomic mass is 9.88.